The largest absolute Gasteiger partial charge is 0.393 e. The fourth-order valence-corrected chi connectivity index (χ4v) is 4.13. The van der Waals surface area contributed by atoms with Crippen LogP contribution in [0.25, 0.3) is 0 Å². The molecular weight excluding hydrogens is 234 g/mol. The third kappa shape index (κ3) is 4.46. The predicted molar refractivity (Wildman–Crippen MR) is 81.2 cm³/mol. The molecule has 0 aliphatic heterocycles. The van der Waals surface area contributed by atoms with E-state index in [2.05, 4.69) is 25.8 Å². The van der Waals surface area contributed by atoms with Crippen LogP contribution in [0.1, 0.15) is 71.6 Å². The Balaban J connectivity index is 1.87. The molecule has 19 heavy (non-hydrogen) atoms. The molecule has 2 aliphatic rings. The molecule has 0 heterocycles. The van der Waals surface area contributed by atoms with Crippen molar-refractivity contribution in [1.82, 2.24) is 4.90 Å². The van der Waals surface area contributed by atoms with E-state index in [1.54, 1.807) is 0 Å². The Bertz CT molecular complexity index is 268. The van der Waals surface area contributed by atoms with Crippen molar-refractivity contribution in [3.63, 3.8) is 0 Å². The molecule has 2 rings (SSSR count). The van der Waals surface area contributed by atoms with Crippen LogP contribution in [0.4, 0.5) is 0 Å². The third-order valence-corrected chi connectivity index (χ3v) is 5.45. The first-order chi connectivity index (χ1) is 8.98. The van der Waals surface area contributed by atoms with Crippen LogP contribution in [0.15, 0.2) is 0 Å². The van der Waals surface area contributed by atoms with Gasteiger partial charge in [-0.15, -0.1) is 0 Å². The molecule has 2 saturated carbocycles. The highest BCUT2D eigenvalue weighted by Gasteiger charge is 2.35. The lowest BCUT2D eigenvalue weighted by Crippen LogP contribution is -2.43. The Morgan fingerprint density at radius 2 is 1.68 bits per heavy atom. The zero-order valence-corrected chi connectivity index (χ0v) is 13.2. The Morgan fingerprint density at radius 1 is 1.05 bits per heavy atom. The van der Waals surface area contributed by atoms with Crippen LogP contribution in [-0.2, 0) is 0 Å². The first kappa shape index (κ1) is 15.3. The Morgan fingerprint density at radius 3 is 2.32 bits per heavy atom. The van der Waals surface area contributed by atoms with Crippen molar-refractivity contribution in [2.24, 2.45) is 11.3 Å². The second-order valence-electron chi connectivity index (χ2n) is 7.82. The van der Waals surface area contributed by atoms with Crippen LogP contribution in [0.5, 0.6) is 0 Å². The van der Waals surface area contributed by atoms with Gasteiger partial charge >= 0.3 is 0 Å². The zero-order valence-electron chi connectivity index (χ0n) is 13.2. The van der Waals surface area contributed by atoms with Gasteiger partial charge in [-0.2, -0.15) is 0 Å². The van der Waals surface area contributed by atoms with Crippen molar-refractivity contribution in [3.05, 3.63) is 0 Å². The lowest BCUT2D eigenvalue weighted by Gasteiger charge is -2.41. The lowest BCUT2D eigenvalue weighted by molar-refractivity contribution is 0.00112. The Hall–Kier alpha value is -0.0800. The van der Waals surface area contributed by atoms with Gasteiger partial charge in [-0.1, -0.05) is 39.5 Å². The van der Waals surface area contributed by atoms with Crippen molar-refractivity contribution in [2.75, 3.05) is 13.6 Å². The first-order valence-electron chi connectivity index (χ1n) is 8.36. The molecule has 2 fully saturated rings. The molecule has 2 atom stereocenters. The number of nitrogens with zero attached hydrogens (tertiary/aromatic N) is 1. The summed E-state index contributed by atoms with van der Waals surface area (Å²) in [5.41, 5.74) is 0.425. The van der Waals surface area contributed by atoms with E-state index in [1.807, 2.05) is 0 Å². The van der Waals surface area contributed by atoms with E-state index in [4.69, 9.17) is 0 Å². The van der Waals surface area contributed by atoms with E-state index in [9.17, 15) is 5.11 Å². The summed E-state index contributed by atoms with van der Waals surface area (Å²) >= 11 is 0. The van der Waals surface area contributed by atoms with Gasteiger partial charge in [0, 0.05) is 12.6 Å². The highest BCUT2D eigenvalue weighted by Crippen LogP contribution is 2.39. The summed E-state index contributed by atoms with van der Waals surface area (Å²) in [6.45, 7) is 5.81. The molecule has 2 heteroatoms. The van der Waals surface area contributed by atoms with Gasteiger partial charge in [-0.05, 0) is 50.5 Å². The highest BCUT2D eigenvalue weighted by atomic mass is 16.3. The van der Waals surface area contributed by atoms with Crippen molar-refractivity contribution < 1.29 is 5.11 Å². The standard InChI is InChI=1S/C17H33NO/c1-17(2)11-10-16(19)14(12-17)13-18(3)15-8-6-4-5-7-9-15/h14-16,19H,4-13H2,1-3H3. The molecule has 0 aromatic carbocycles. The first-order valence-corrected chi connectivity index (χ1v) is 8.36. The van der Waals surface area contributed by atoms with Crippen molar-refractivity contribution in [1.29, 1.82) is 0 Å². The fraction of sp³-hybridized carbons (Fsp3) is 1.00. The molecule has 2 aliphatic carbocycles. The van der Waals surface area contributed by atoms with Crippen LogP contribution in [0.2, 0.25) is 0 Å². The summed E-state index contributed by atoms with van der Waals surface area (Å²) < 4.78 is 0. The summed E-state index contributed by atoms with van der Waals surface area (Å²) in [6, 6.07) is 0.764. The lowest BCUT2D eigenvalue weighted by atomic mass is 9.70. The molecular formula is C17H33NO. The molecule has 112 valence electrons. The maximum absolute atomic E-state index is 10.3. The smallest absolute Gasteiger partial charge is 0.0581 e. The van der Waals surface area contributed by atoms with Crippen molar-refractivity contribution >= 4 is 0 Å². The molecule has 0 saturated heterocycles. The maximum Gasteiger partial charge on any atom is 0.0581 e. The van der Waals surface area contributed by atoms with Crippen LogP contribution >= 0.6 is 0 Å². The summed E-state index contributed by atoms with van der Waals surface area (Å²) in [5.74, 6) is 0.483. The quantitative estimate of drug-likeness (QED) is 0.786. The fourth-order valence-electron chi connectivity index (χ4n) is 4.13. The van der Waals surface area contributed by atoms with Crippen LogP contribution in [0, 0.1) is 11.3 Å². The molecule has 0 radical (unpaired) electrons. The number of rotatable bonds is 3. The topological polar surface area (TPSA) is 23.5 Å². The van der Waals surface area contributed by atoms with E-state index in [0.717, 1.165) is 19.0 Å². The maximum atomic E-state index is 10.3. The summed E-state index contributed by atoms with van der Waals surface area (Å²) in [7, 11) is 2.28. The van der Waals surface area contributed by atoms with Gasteiger partial charge in [0.25, 0.3) is 0 Å². The SMILES string of the molecule is CN(CC1CC(C)(C)CCC1O)C1CCCCCC1. The van der Waals surface area contributed by atoms with E-state index in [0.29, 0.717) is 11.3 Å². The second kappa shape index (κ2) is 6.58. The van der Waals surface area contributed by atoms with Crippen molar-refractivity contribution in [2.45, 2.75) is 83.8 Å². The van der Waals surface area contributed by atoms with Crippen LogP contribution < -0.4 is 0 Å². The molecule has 0 amide bonds. The average molecular weight is 267 g/mol. The Kier molecular flexibility index (Phi) is 5.30. The van der Waals surface area contributed by atoms with Crippen LogP contribution in [-0.4, -0.2) is 35.7 Å². The summed E-state index contributed by atoms with van der Waals surface area (Å²) in [6.07, 6.45) is 11.7. The minimum Gasteiger partial charge on any atom is -0.393 e. The number of aliphatic hydroxyl groups excluding tert-OH is 1. The van der Waals surface area contributed by atoms with E-state index in [1.165, 1.54) is 51.4 Å². The molecule has 2 nitrogen and oxygen atoms in total. The molecule has 0 spiro atoms. The minimum absolute atomic E-state index is 0.0683. The minimum atomic E-state index is -0.0683. The van der Waals surface area contributed by atoms with Gasteiger partial charge in [0.15, 0.2) is 0 Å². The molecule has 0 bridgehead atoms. The monoisotopic (exact) mass is 267 g/mol. The Labute approximate surface area is 119 Å². The zero-order chi connectivity index (χ0) is 13.9. The van der Waals surface area contributed by atoms with Gasteiger partial charge < -0.3 is 10.0 Å². The van der Waals surface area contributed by atoms with Gasteiger partial charge in [0.05, 0.1) is 6.10 Å². The van der Waals surface area contributed by atoms with Gasteiger partial charge in [0.1, 0.15) is 0 Å². The van der Waals surface area contributed by atoms with Gasteiger partial charge in [-0.25, -0.2) is 0 Å². The molecule has 0 aromatic rings. The summed E-state index contributed by atoms with van der Waals surface area (Å²) in [5, 5.41) is 10.3. The van der Waals surface area contributed by atoms with Crippen LogP contribution in [0.3, 0.4) is 0 Å². The number of hydrogen-bond acceptors (Lipinski definition) is 2. The van der Waals surface area contributed by atoms with Gasteiger partial charge in [-0.3, -0.25) is 0 Å². The van der Waals surface area contributed by atoms with E-state index < -0.39 is 0 Å². The predicted octanol–water partition coefficient (Wildman–Crippen LogP) is 3.83. The van der Waals surface area contributed by atoms with Gasteiger partial charge in [0.2, 0.25) is 0 Å². The normalized spacial score (nSPS) is 33.3. The summed E-state index contributed by atoms with van der Waals surface area (Å²) in [4.78, 5) is 2.56. The number of hydrogen-bond donors (Lipinski definition) is 1. The number of aliphatic hydroxyl groups is 1. The molecule has 0 aromatic heterocycles. The highest BCUT2D eigenvalue weighted by molar-refractivity contribution is 4.87. The average Bonchev–Trinajstić information content (AvgIpc) is 2.62. The molecule has 2 unspecified atom stereocenters. The van der Waals surface area contributed by atoms with E-state index in [-0.39, 0.29) is 6.10 Å². The third-order valence-electron chi connectivity index (χ3n) is 5.45. The van der Waals surface area contributed by atoms with Crippen molar-refractivity contribution in [3.8, 4) is 0 Å². The second-order valence-corrected chi connectivity index (χ2v) is 7.82. The van der Waals surface area contributed by atoms with E-state index >= 15 is 0 Å². The molecule has 1 N–H and O–H groups in total.